The summed E-state index contributed by atoms with van der Waals surface area (Å²) < 4.78 is 37.5. The summed E-state index contributed by atoms with van der Waals surface area (Å²) in [7, 11) is 0. The molecule has 0 radical (unpaired) electrons. The van der Waals surface area contributed by atoms with Crippen LogP contribution in [0.5, 0.6) is 5.75 Å². The van der Waals surface area contributed by atoms with Crippen molar-refractivity contribution in [2.75, 3.05) is 19.0 Å². The molecule has 0 aromatic heterocycles. The first-order chi connectivity index (χ1) is 20.2. The first-order valence-electron chi connectivity index (χ1n) is 13.9. The van der Waals surface area contributed by atoms with Crippen LogP contribution in [0.2, 0.25) is 0 Å². The molecule has 216 valence electrons. The van der Waals surface area contributed by atoms with Crippen LogP contribution in [-0.4, -0.2) is 54.8 Å². The lowest BCUT2D eigenvalue weighted by Crippen LogP contribution is -2.62. The largest absolute Gasteiger partial charge is 0.489 e. The van der Waals surface area contributed by atoms with Crippen molar-refractivity contribution < 1.29 is 33.2 Å². The Morgan fingerprint density at radius 1 is 0.976 bits per heavy atom. The van der Waals surface area contributed by atoms with E-state index in [0.29, 0.717) is 25.6 Å². The summed E-state index contributed by atoms with van der Waals surface area (Å²) in [4.78, 5) is 13.4. The molecule has 8 heteroatoms. The van der Waals surface area contributed by atoms with Gasteiger partial charge in [-0.2, -0.15) is 0 Å². The molecule has 0 aliphatic carbocycles. The zero-order valence-corrected chi connectivity index (χ0v) is 23.9. The molecule has 6 atom stereocenters. The van der Waals surface area contributed by atoms with E-state index in [4.69, 9.17) is 28.4 Å². The van der Waals surface area contributed by atoms with Crippen molar-refractivity contribution in [2.45, 2.75) is 56.1 Å². The Hall–Kier alpha value is -3.14. The average Bonchev–Trinajstić information content (AvgIpc) is 3.01. The Morgan fingerprint density at radius 3 is 2.46 bits per heavy atom. The fourth-order valence-electron chi connectivity index (χ4n) is 4.99. The molecule has 41 heavy (non-hydrogen) atoms. The third-order valence-corrected chi connectivity index (χ3v) is 7.94. The van der Waals surface area contributed by atoms with Gasteiger partial charge in [-0.15, -0.1) is 11.8 Å². The van der Waals surface area contributed by atoms with Crippen LogP contribution in [0, 0.1) is 0 Å². The summed E-state index contributed by atoms with van der Waals surface area (Å²) in [5.74, 6) is 1.00. The number of hydrogen-bond donors (Lipinski definition) is 0. The highest BCUT2D eigenvalue weighted by molar-refractivity contribution is 7.99. The third-order valence-electron chi connectivity index (χ3n) is 6.90. The van der Waals surface area contributed by atoms with Gasteiger partial charge in [-0.1, -0.05) is 98.4 Å². The lowest BCUT2D eigenvalue weighted by atomic mass is 9.98. The van der Waals surface area contributed by atoms with Gasteiger partial charge in [0.2, 0.25) is 0 Å². The smallest absolute Gasteiger partial charge is 0.310 e. The number of carbonyl (C=O) groups is 1. The van der Waals surface area contributed by atoms with Crippen LogP contribution >= 0.6 is 11.8 Å². The SMILES string of the molecule is C=CCOc1ccccc1CC(=O)O[C@@H]1[C@@H](OCc2ccccc2)[C@H]2O[C@@H](c3ccccc3)OC[C@H]2O[C@H]1SCC. The van der Waals surface area contributed by atoms with Gasteiger partial charge in [0, 0.05) is 11.1 Å². The molecule has 2 fully saturated rings. The summed E-state index contributed by atoms with van der Waals surface area (Å²) in [5.41, 5.74) is 2.21. The molecule has 0 saturated carbocycles. The van der Waals surface area contributed by atoms with Gasteiger partial charge < -0.3 is 28.4 Å². The van der Waals surface area contributed by atoms with E-state index in [9.17, 15) is 4.79 Å². The molecule has 2 aliphatic rings. The Morgan fingerprint density at radius 2 is 1.71 bits per heavy atom. The van der Waals surface area contributed by atoms with Crippen molar-refractivity contribution in [2.24, 2.45) is 0 Å². The van der Waals surface area contributed by atoms with Gasteiger partial charge in [-0.25, -0.2) is 0 Å². The zero-order chi connectivity index (χ0) is 28.4. The summed E-state index contributed by atoms with van der Waals surface area (Å²) in [6.45, 7) is 6.78. The topological polar surface area (TPSA) is 72.5 Å². The van der Waals surface area contributed by atoms with Crippen molar-refractivity contribution in [1.29, 1.82) is 0 Å². The number of rotatable bonds is 12. The molecule has 0 amide bonds. The second-order valence-electron chi connectivity index (χ2n) is 9.77. The van der Waals surface area contributed by atoms with Crippen LogP contribution in [-0.2, 0) is 41.5 Å². The van der Waals surface area contributed by atoms with Crippen LogP contribution in [0.1, 0.15) is 29.9 Å². The summed E-state index contributed by atoms with van der Waals surface area (Å²) in [6.07, 6.45) is -1.02. The first-order valence-corrected chi connectivity index (χ1v) is 15.0. The van der Waals surface area contributed by atoms with Crippen molar-refractivity contribution in [3.8, 4) is 5.75 Å². The van der Waals surface area contributed by atoms with Crippen molar-refractivity contribution >= 4 is 17.7 Å². The Bertz CT molecular complexity index is 1250. The molecule has 0 spiro atoms. The van der Waals surface area contributed by atoms with E-state index in [-0.39, 0.29) is 12.5 Å². The molecular formula is C33H36O7S. The van der Waals surface area contributed by atoms with E-state index in [1.807, 2.05) is 91.9 Å². The van der Waals surface area contributed by atoms with Gasteiger partial charge in [0.05, 0.1) is 19.6 Å². The summed E-state index contributed by atoms with van der Waals surface area (Å²) in [5, 5.41) is 0. The fraction of sp³-hybridized carbons (Fsp3) is 0.364. The molecule has 7 nitrogen and oxygen atoms in total. The van der Waals surface area contributed by atoms with Crippen LogP contribution in [0.4, 0.5) is 0 Å². The minimum absolute atomic E-state index is 0.0451. The van der Waals surface area contributed by atoms with E-state index in [1.165, 1.54) is 0 Å². The van der Waals surface area contributed by atoms with E-state index in [0.717, 1.165) is 22.4 Å². The van der Waals surface area contributed by atoms with Gasteiger partial charge in [-0.05, 0) is 17.4 Å². The molecule has 0 N–H and O–H groups in total. The molecular weight excluding hydrogens is 540 g/mol. The predicted molar refractivity (Wildman–Crippen MR) is 158 cm³/mol. The van der Waals surface area contributed by atoms with E-state index in [2.05, 4.69) is 6.58 Å². The Labute approximate surface area is 245 Å². The third kappa shape index (κ3) is 7.58. The lowest BCUT2D eigenvalue weighted by molar-refractivity contribution is -0.326. The number of thioether (sulfide) groups is 1. The highest BCUT2D eigenvalue weighted by atomic mass is 32.2. The Kier molecular flexibility index (Phi) is 10.5. The average molecular weight is 577 g/mol. The maximum atomic E-state index is 13.4. The van der Waals surface area contributed by atoms with E-state index < -0.39 is 36.0 Å². The highest BCUT2D eigenvalue weighted by Crippen LogP contribution is 2.39. The van der Waals surface area contributed by atoms with E-state index >= 15 is 0 Å². The lowest BCUT2D eigenvalue weighted by Gasteiger charge is -2.48. The second kappa shape index (κ2) is 14.7. The van der Waals surface area contributed by atoms with Gasteiger partial charge in [0.1, 0.15) is 36.1 Å². The summed E-state index contributed by atoms with van der Waals surface area (Å²) in [6, 6.07) is 27.2. The Balaban J connectivity index is 1.39. The van der Waals surface area contributed by atoms with Crippen LogP contribution in [0.25, 0.3) is 0 Å². The highest BCUT2D eigenvalue weighted by Gasteiger charge is 2.52. The quantitative estimate of drug-likeness (QED) is 0.196. The molecule has 5 rings (SSSR count). The molecule has 2 heterocycles. The normalized spacial score (nSPS) is 25.6. The van der Waals surface area contributed by atoms with Gasteiger partial charge in [0.15, 0.2) is 12.4 Å². The molecule has 2 aliphatic heterocycles. The standard InChI is InChI=1S/C33H36O7S/c1-3-19-35-26-18-12-11-17-25(26)20-28(34)39-31-30(36-21-23-13-7-5-8-14-23)29-27(38-33(31)41-4-2)22-37-32(40-29)24-15-9-6-10-16-24/h3,5-18,27,29-33H,1,4,19-22H2,2H3/t27-,29+,30+,31-,32+,33+/m1/s1. The maximum Gasteiger partial charge on any atom is 0.310 e. The number of esters is 1. The number of benzene rings is 3. The van der Waals surface area contributed by atoms with Crippen molar-refractivity contribution in [1.82, 2.24) is 0 Å². The van der Waals surface area contributed by atoms with Crippen LogP contribution in [0.15, 0.2) is 97.6 Å². The molecule has 0 unspecified atom stereocenters. The monoisotopic (exact) mass is 576 g/mol. The fourth-order valence-corrected chi connectivity index (χ4v) is 5.94. The van der Waals surface area contributed by atoms with Gasteiger partial charge in [-0.3, -0.25) is 4.79 Å². The number of ether oxygens (including phenoxy) is 6. The number of carbonyl (C=O) groups excluding carboxylic acids is 1. The zero-order valence-electron chi connectivity index (χ0n) is 23.1. The van der Waals surface area contributed by atoms with Crippen molar-refractivity contribution in [3.63, 3.8) is 0 Å². The van der Waals surface area contributed by atoms with Crippen LogP contribution < -0.4 is 4.74 Å². The minimum Gasteiger partial charge on any atom is -0.489 e. The second-order valence-corrected chi connectivity index (χ2v) is 11.2. The minimum atomic E-state index is -0.701. The van der Waals surface area contributed by atoms with Crippen LogP contribution in [0.3, 0.4) is 0 Å². The van der Waals surface area contributed by atoms with E-state index in [1.54, 1.807) is 17.8 Å². The summed E-state index contributed by atoms with van der Waals surface area (Å²) >= 11 is 1.57. The van der Waals surface area contributed by atoms with Gasteiger partial charge in [0.25, 0.3) is 0 Å². The predicted octanol–water partition coefficient (Wildman–Crippen LogP) is 5.88. The van der Waals surface area contributed by atoms with Crippen molar-refractivity contribution in [3.05, 3.63) is 114 Å². The maximum absolute atomic E-state index is 13.4. The molecule has 3 aromatic rings. The molecule has 0 bridgehead atoms. The number of hydrogen-bond acceptors (Lipinski definition) is 8. The number of fused-ring (bicyclic) bond motifs is 1. The number of para-hydroxylation sites is 1. The molecule has 3 aromatic carbocycles. The molecule has 2 saturated heterocycles. The van der Waals surface area contributed by atoms with Gasteiger partial charge >= 0.3 is 5.97 Å². The first kappa shape index (κ1) is 29.4.